The number of hydrogen-bond donors (Lipinski definition) is 1. The Morgan fingerprint density at radius 3 is 2.38 bits per heavy atom. The number of benzene rings is 4. The molecule has 1 heterocycles. The molecule has 1 aromatic heterocycles. The summed E-state index contributed by atoms with van der Waals surface area (Å²) in [6, 6.07) is 23.1. The van der Waals surface area contributed by atoms with E-state index in [1.807, 2.05) is 36.4 Å². The van der Waals surface area contributed by atoms with Crippen molar-refractivity contribution in [3.05, 3.63) is 117 Å². The summed E-state index contributed by atoms with van der Waals surface area (Å²) in [6.07, 6.45) is -4.40. The van der Waals surface area contributed by atoms with Gasteiger partial charge in [0.2, 0.25) is 0 Å². The molecule has 0 saturated carbocycles. The van der Waals surface area contributed by atoms with E-state index in [4.69, 9.17) is 23.2 Å². The quantitative estimate of drug-likeness (QED) is 0.196. The Morgan fingerprint density at radius 1 is 0.897 bits per heavy atom. The van der Waals surface area contributed by atoms with Gasteiger partial charge in [0.1, 0.15) is 0 Å². The predicted octanol–water partition coefficient (Wildman–Crippen LogP) is 7.97. The van der Waals surface area contributed by atoms with Crippen LogP contribution >= 0.6 is 35.0 Å². The molecule has 0 aliphatic carbocycles. The Bertz CT molecular complexity index is 1650. The highest BCUT2D eigenvalue weighted by Crippen LogP contribution is 2.32. The van der Waals surface area contributed by atoms with E-state index >= 15 is 0 Å². The first-order chi connectivity index (χ1) is 18.7. The van der Waals surface area contributed by atoms with Crippen molar-refractivity contribution in [3.8, 4) is 5.69 Å². The fourth-order valence-corrected chi connectivity index (χ4v) is 5.23. The number of rotatable bonds is 7. The van der Waals surface area contributed by atoms with Gasteiger partial charge >= 0.3 is 6.18 Å². The van der Waals surface area contributed by atoms with Gasteiger partial charge in [-0.3, -0.25) is 9.36 Å². The second-order valence-electron chi connectivity index (χ2n) is 8.53. The number of hydrogen-bond acceptors (Lipinski definition) is 4. The average molecular weight is 587 g/mol. The SMILES string of the molecule is O=C(NCc1nnc(SCc2ccc(C(F)(F)F)cc2)n1-c1ccc(Cl)c(Cl)c1)c1cccc2ccccc12. The normalized spacial score (nSPS) is 11.6. The standard InChI is InChI=1S/C28H19Cl2F3N4OS/c29-23-13-12-20(14-24(23)30)37-25(15-34-26(38)22-7-3-5-18-4-1-2-6-21(18)22)35-36-27(37)39-16-17-8-10-19(11-9-17)28(31,32)33/h1-14H,15-16H2,(H,34,38). The number of alkyl halides is 3. The van der Waals surface area contributed by atoms with Gasteiger partial charge in [-0.1, -0.05) is 83.5 Å². The maximum absolute atomic E-state index is 13.1. The summed E-state index contributed by atoms with van der Waals surface area (Å²) < 4.78 is 40.5. The van der Waals surface area contributed by atoms with Gasteiger partial charge in [0.05, 0.1) is 27.8 Å². The number of fused-ring (bicyclic) bond motifs is 1. The minimum atomic E-state index is -4.40. The molecule has 0 atom stereocenters. The number of aromatic nitrogens is 3. The summed E-state index contributed by atoms with van der Waals surface area (Å²) in [4.78, 5) is 13.1. The van der Waals surface area contributed by atoms with Crippen LogP contribution in [-0.4, -0.2) is 20.7 Å². The predicted molar refractivity (Wildman–Crippen MR) is 148 cm³/mol. The fourth-order valence-electron chi connectivity index (χ4n) is 4.01. The minimum Gasteiger partial charge on any atom is -0.345 e. The Balaban J connectivity index is 1.40. The molecule has 0 radical (unpaired) electrons. The molecule has 0 spiro atoms. The van der Waals surface area contributed by atoms with Crippen LogP contribution in [0.4, 0.5) is 13.2 Å². The zero-order valence-corrected chi connectivity index (χ0v) is 22.4. The van der Waals surface area contributed by atoms with Crippen molar-refractivity contribution in [2.45, 2.75) is 23.6 Å². The van der Waals surface area contributed by atoms with Crippen LogP contribution in [0.2, 0.25) is 10.0 Å². The summed E-state index contributed by atoms with van der Waals surface area (Å²) in [7, 11) is 0. The van der Waals surface area contributed by atoms with E-state index in [1.165, 1.54) is 23.9 Å². The van der Waals surface area contributed by atoms with Crippen molar-refractivity contribution in [3.63, 3.8) is 0 Å². The molecule has 5 aromatic rings. The molecule has 198 valence electrons. The van der Waals surface area contributed by atoms with Crippen molar-refractivity contribution in [1.29, 1.82) is 0 Å². The molecular formula is C28H19Cl2F3N4OS. The number of halogens is 5. The van der Waals surface area contributed by atoms with Gasteiger partial charge in [0, 0.05) is 11.3 Å². The molecule has 5 rings (SSSR count). The van der Waals surface area contributed by atoms with E-state index in [-0.39, 0.29) is 12.5 Å². The van der Waals surface area contributed by atoms with E-state index in [0.717, 1.165) is 22.9 Å². The van der Waals surface area contributed by atoms with Crippen LogP contribution in [0.15, 0.2) is 90.1 Å². The Labute approximate surface area is 236 Å². The van der Waals surface area contributed by atoms with Crippen LogP contribution in [0.1, 0.15) is 27.3 Å². The Morgan fingerprint density at radius 2 is 1.64 bits per heavy atom. The molecule has 0 unspecified atom stereocenters. The number of amides is 1. The second-order valence-corrected chi connectivity index (χ2v) is 10.3. The third kappa shape index (κ3) is 6.06. The molecule has 39 heavy (non-hydrogen) atoms. The highest BCUT2D eigenvalue weighted by atomic mass is 35.5. The van der Waals surface area contributed by atoms with Gasteiger partial charge in [0.25, 0.3) is 5.91 Å². The number of nitrogens with one attached hydrogen (secondary N) is 1. The van der Waals surface area contributed by atoms with Crippen molar-refractivity contribution < 1.29 is 18.0 Å². The topological polar surface area (TPSA) is 59.8 Å². The van der Waals surface area contributed by atoms with Crippen molar-refractivity contribution in [2.24, 2.45) is 0 Å². The number of carbonyl (C=O) groups excluding carboxylic acids is 1. The lowest BCUT2D eigenvalue weighted by molar-refractivity contribution is -0.137. The van der Waals surface area contributed by atoms with Crippen LogP contribution in [0.25, 0.3) is 16.5 Å². The minimum absolute atomic E-state index is 0.0656. The fraction of sp³-hybridized carbons (Fsp3) is 0.107. The number of thioether (sulfide) groups is 1. The summed E-state index contributed by atoms with van der Waals surface area (Å²) >= 11 is 13.7. The van der Waals surface area contributed by atoms with Crippen LogP contribution in [0, 0.1) is 0 Å². The third-order valence-electron chi connectivity index (χ3n) is 5.95. The van der Waals surface area contributed by atoms with E-state index in [2.05, 4.69) is 15.5 Å². The van der Waals surface area contributed by atoms with Crippen molar-refractivity contribution in [2.75, 3.05) is 0 Å². The number of carbonyl (C=O) groups is 1. The lowest BCUT2D eigenvalue weighted by Gasteiger charge is -2.13. The summed E-state index contributed by atoms with van der Waals surface area (Å²) in [5.74, 6) is 0.520. The van der Waals surface area contributed by atoms with Gasteiger partial charge in [-0.05, 0) is 52.7 Å². The van der Waals surface area contributed by atoms with Gasteiger partial charge < -0.3 is 5.32 Å². The second kappa shape index (κ2) is 11.3. The van der Waals surface area contributed by atoms with E-state index < -0.39 is 11.7 Å². The first-order valence-corrected chi connectivity index (χ1v) is 13.4. The average Bonchev–Trinajstić information content (AvgIpc) is 3.34. The lowest BCUT2D eigenvalue weighted by Crippen LogP contribution is -2.25. The monoisotopic (exact) mass is 586 g/mol. The summed E-state index contributed by atoms with van der Waals surface area (Å²) in [6.45, 7) is 0.0656. The summed E-state index contributed by atoms with van der Waals surface area (Å²) in [5, 5.41) is 14.4. The number of nitrogens with zero attached hydrogens (tertiary/aromatic N) is 3. The van der Waals surface area contributed by atoms with Crippen molar-refractivity contribution >= 4 is 51.6 Å². The molecule has 0 fully saturated rings. The molecule has 5 nitrogen and oxygen atoms in total. The van der Waals surface area contributed by atoms with E-state index in [1.54, 1.807) is 28.8 Å². The molecule has 0 bridgehead atoms. The van der Waals surface area contributed by atoms with Gasteiger partial charge in [-0.25, -0.2) is 0 Å². The first-order valence-electron chi connectivity index (χ1n) is 11.7. The largest absolute Gasteiger partial charge is 0.416 e. The van der Waals surface area contributed by atoms with E-state index in [0.29, 0.717) is 43.6 Å². The van der Waals surface area contributed by atoms with Crippen LogP contribution in [0.5, 0.6) is 0 Å². The highest BCUT2D eigenvalue weighted by molar-refractivity contribution is 7.98. The van der Waals surface area contributed by atoms with Crippen LogP contribution in [-0.2, 0) is 18.5 Å². The van der Waals surface area contributed by atoms with Crippen molar-refractivity contribution in [1.82, 2.24) is 20.1 Å². The summed E-state index contributed by atoms with van der Waals surface area (Å²) in [5.41, 5.74) is 1.13. The Hall–Kier alpha value is -3.53. The van der Waals surface area contributed by atoms with E-state index in [9.17, 15) is 18.0 Å². The zero-order valence-electron chi connectivity index (χ0n) is 20.0. The smallest absolute Gasteiger partial charge is 0.345 e. The third-order valence-corrected chi connectivity index (χ3v) is 7.69. The van der Waals surface area contributed by atoms with Gasteiger partial charge in [0.15, 0.2) is 11.0 Å². The molecular weight excluding hydrogens is 568 g/mol. The van der Waals surface area contributed by atoms with Gasteiger partial charge in [-0.15, -0.1) is 10.2 Å². The molecule has 0 aliphatic heterocycles. The Kier molecular flexibility index (Phi) is 7.83. The maximum atomic E-state index is 13.1. The molecule has 0 aliphatic rings. The maximum Gasteiger partial charge on any atom is 0.416 e. The lowest BCUT2D eigenvalue weighted by atomic mass is 10.0. The molecule has 11 heteroatoms. The van der Waals surface area contributed by atoms with Crippen LogP contribution < -0.4 is 5.32 Å². The van der Waals surface area contributed by atoms with Crippen LogP contribution in [0.3, 0.4) is 0 Å². The molecule has 4 aromatic carbocycles. The van der Waals surface area contributed by atoms with Gasteiger partial charge in [-0.2, -0.15) is 13.2 Å². The molecule has 0 saturated heterocycles. The highest BCUT2D eigenvalue weighted by Gasteiger charge is 2.30. The first kappa shape index (κ1) is 27.1. The molecule has 1 N–H and O–H groups in total. The zero-order chi connectivity index (χ0) is 27.6. The molecule has 1 amide bonds.